The highest BCUT2D eigenvalue weighted by Crippen LogP contribution is 2.44. The predicted octanol–water partition coefficient (Wildman–Crippen LogP) is 4.32. The topological polar surface area (TPSA) is 53.3 Å². The van der Waals surface area contributed by atoms with Crippen molar-refractivity contribution in [2.75, 3.05) is 11.4 Å². The molecule has 0 saturated heterocycles. The van der Waals surface area contributed by atoms with Crippen molar-refractivity contribution in [1.82, 2.24) is 0 Å². The fourth-order valence-corrected chi connectivity index (χ4v) is 3.40. The number of carbonyl (C=O) groups is 1. The smallest absolute Gasteiger partial charge is 0.414 e. The number of rotatable bonds is 1. The molecular weight excluding hydrogens is 288 g/mol. The third kappa shape index (κ3) is 2.93. The summed E-state index contributed by atoms with van der Waals surface area (Å²) >= 11 is 0. The fraction of sp³-hybridized carbons (Fsp3) is 0.579. The Labute approximate surface area is 138 Å². The van der Waals surface area contributed by atoms with E-state index in [0.717, 1.165) is 48.9 Å². The van der Waals surface area contributed by atoms with Gasteiger partial charge in [-0.3, -0.25) is 4.90 Å². The van der Waals surface area contributed by atoms with Gasteiger partial charge < -0.3 is 4.74 Å². The molecule has 1 heterocycles. The zero-order chi connectivity index (χ0) is 16.7. The van der Waals surface area contributed by atoms with Gasteiger partial charge in [-0.15, -0.1) is 0 Å². The molecule has 4 nitrogen and oxygen atoms in total. The van der Waals surface area contributed by atoms with E-state index in [1.807, 2.05) is 32.9 Å². The first-order valence-electron chi connectivity index (χ1n) is 8.40. The molecule has 122 valence electrons. The molecule has 0 spiro atoms. The Balaban J connectivity index is 1.89. The van der Waals surface area contributed by atoms with Crippen molar-refractivity contribution in [2.45, 2.75) is 63.9 Å². The summed E-state index contributed by atoms with van der Waals surface area (Å²) in [7, 11) is 0. The van der Waals surface area contributed by atoms with Crippen molar-refractivity contribution in [1.29, 1.82) is 5.26 Å². The van der Waals surface area contributed by atoms with Crippen LogP contribution in [-0.2, 0) is 16.6 Å². The van der Waals surface area contributed by atoms with Gasteiger partial charge in [-0.1, -0.05) is 12.1 Å². The SMILES string of the molecule is CC(C)(C)OC(=O)N1CCCc2cc(C3(C#N)CCC3)ccc21. The quantitative estimate of drug-likeness (QED) is 0.776. The number of carbonyl (C=O) groups excluding carboxylic acids is 1. The second-order valence-corrected chi connectivity index (χ2v) is 7.63. The third-order valence-corrected chi connectivity index (χ3v) is 4.79. The standard InChI is InChI=1S/C19H24N2O2/c1-18(2,3)23-17(22)21-11-4-6-14-12-15(7-8-16(14)21)19(13-20)9-5-10-19/h7-8,12H,4-6,9-11H2,1-3H3. The van der Waals surface area contributed by atoms with Gasteiger partial charge in [0.25, 0.3) is 0 Å². The second-order valence-electron chi connectivity index (χ2n) is 7.63. The number of hydrogen-bond acceptors (Lipinski definition) is 3. The van der Waals surface area contributed by atoms with Crippen LogP contribution in [0.1, 0.15) is 57.6 Å². The molecule has 23 heavy (non-hydrogen) atoms. The molecular formula is C19H24N2O2. The number of nitriles is 1. The first-order chi connectivity index (χ1) is 10.8. The zero-order valence-corrected chi connectivity index (χ0v) is 14.2. The molecule has 4 heteroatoms. The molecule has 0 radical (unpaired) electrons. The number of fused-ring (bicyclic) bond motifs is 1. The number of aryl methyl sites for hydroxylation is 1. The summed E-state index contributed by atoms with van der Waals surface area (Å²) in [6, 6.07) is 8.64. The summed E-state index contributed by atoms with van der Waals surface area (Å²) in [5.41, 5.74) is 2.40. The Kier molecular flexibility index (Phi) is 3.83. The fourth-order valence-electron chi connectivity index (χ4n) is 3.40. The summed E-state index contributed by atoms with van der Waals surface area (Å²) < 4.78 is 5.52. The van der Waals surface area contributed by atoms with Crippen LogP contribution in [0.2, 0.25) is 0 Å². The molecule has 0 bridgehead atoms. The lowest BCUT2D eigenvalue weighted by atomic mass is 9.65. The molecule has 1 amide bonds. The van der Waals surface area contributed by atoms with E-state index in [2.05, 4.69) is 12.1 Å². The van der Waals surface area contributed by atoms with Crippen LogP contribution in [0.15, 0.2) is 18.2 Å². The highest BCUT2D eigenvalue weighted by atomic mass is 16.6. The van der Waals surface area contributed by atoms with Gasteiger partial charge in [0.05, 0.1) is 17.2 Å². The maximum absolute atomic E-state index is 12.4. The molecule has 1 aromatic carbocycles. The molecule has 1 fully saturated rings. The van der Waals surface area contributed by atoms with Crippen LogP contribution in [-0.4, -0.2) is 18.2 Å². The number of ether oxygens (including phenoxy) is 1. The largest absolute Gasteiger partial charge is 0.443 e. The van der Waals surface area contributed by atoms with E-state index in [1.165, 1.54) is 0 Å². The maximum Gasteiger partial charge on any atom is 0.414 e. The first-order valence-corrected chi connectivity index (χ1v) is 8.40. The van der Waals surface area contributed by atoms with Crippen molar-refractivity contribution < 1.29 is 9.53 Å². The zero-order valence-electron chi connectivity index (χ0n) is 14.2. The van der Waals surface area contributed by atoms with Crippen LogP contribution in [0, 0.1) is 11.3 Å². The lowest BCUT2D eigenvalue weighted by Crippen LogP contribution is -2.40. The summed E-state index contributed by atoms with van der Waals surface area (Å²) in [6.45, 7) is 6.33. The van der Waals surface area contributed by atoms with Crippen LogP contribution < -0.4 is 4.90 Å². The number of benzene rings is 1. The minimum absolute atomic E-state index is 0.287. The molecule has 1 aliphatic carbocycles. The van der Waals surface area contributed by atoms with Crippen LogP contribution in [0.4, 0.5) is 10.5 Å². The van der Waals surface area contributed by atoms with Gasteiger partial charge in [-0.25, -0.2) is 4.79 Å². The monoisotopic (exact) mass is 312 g/mol. The van der Waals surface area contributed by atoms with Crippen LogP contribution >= 0.6 is 0 Å². The molecule has 0 N–H and O–H groups in total. The molecule has 0 atom stereocenters. The summed E-state index contributed by atoms with van der Waals surface area (Å²) in [6.07, 6.45) is 4.59. The van der Waals surface area contributed by atoms with Gasteiger partial charge in [0, 0.05) is 6.54 Å². The van der Waals surface area contributed by atoms with Crippen molar-refractivity contribution >= 4 is 11.8 Å². The number of anilines is 1. The Morgan fingerprint density at radius 1 is 1.30 bits per heavy atom. The van der Waals surface area contributed by atoms with E-state index >= 15 is 0 Å². The first kappa shape index (κ1) is 15.9. The van der Waals surface area contributed by atoms with Crippen LogP contribution in [0.25, 0.3) is 0 Å². The van der Waals surface area contributed by atoms with E-state index in [9.17, 15) is 10.1 Å². The van der Waals surface area contributed by atoms with Gasteiger partial charge in [0.15, 0.2) is 0 Å². The molecule has 1 saturated carbocycles. The lowest BCUT2D eigenvalue weighted by Gasteiger charge is -2.37. The van der Waals surface area contributed by atoms with Crippen LogP contribution in [0.3, 0.4) is 0 Å². The predicted molar refractivity (Wildman–Crippen MR) is 89.5 cm³/mol. The van der Waals surface area contributed by atoms with Gasteiger partial charge in [0.2, 0.25) is 0 Å². The maximum atomic E-state index is 12.4. The Bertz CT molecular complexity index is 663. The van der Waals surface area contributed by atoms with Crippen molar-refractivity contribution in [2.24, 2.45) is 0 Å². The summed E-state index contributed by atoms with van der Waals surface area (Å²) in [5.74, 6) is 0. The van der Waals surface area contributed by atoms with Gasteiger partial charge in [-0.2, -0.15) is 5.26 Å². The Hall–Kier alpha value is -2.02. The highest BCUT2D eigenvalue weighted by Gasteiger charge is 2.39. The highest BCUT2D eigenvalue weighted by molar-refractivity contribution is 5.89. The summed E-state index contributed by atoms with van der Waals surface area (Å²) in [5, 5.41) is 9.53. The van der Waals surface area contributed by atoms with Crippen molar-refractivity contribution in [3.8, 4) is 6.07 Å². The van der Waals surface area contributed by atoms with E-state index in [1.54, 1.807) is 4.90 Å². The summed E-state index contributed by atoms with van der Waals surface area (Å²) in [4.78, 5) is 14.2. The Morgan fingerprint density at radius 3 is 2.61 bits per heavy atom. The number of nitrogens with zero attached hydrogens (tertiary/aromatic N) is 2. The molecule has 0 aromatic heterocycles. The molecule has 0 unspecified atom stereocenters. The molecule has 3 rings (SSSR count). The van der Waals surface area contributed by atoms with Gasteiger partial charge >= 0.3 is 6.09 Å². The Morgan fingerprint density at radius 2 is 2.04 bits per heavy atom. The minimum atomic E-state index is -0.495. The normalized spacial score (nSPS) is 19.3. The average Bonchev–Trinajstić information content (AvgIpc) is 2.44. The van der Waals surface area contributed by atoms with E-state index in [4.69, 9.17) is 4.74 Å². The molecule has 1 aromatic rings. The minimum Gasteiger partial charge on any atom is -0.443 e. The third-order valence-electron chi connectivity index (χ3n) is 4.79. The van der Waals surface area contributed by atoms with E-state index in [-0.39, 0.29) is 11.5 Å². The van der Waals surface area contributed by atoms with Gasteiger partial charge in [0.1, 0.15) is 5.60 Å². The van der Waals surface area contributed by atoms with Crippen LogP contribution in [0.5, 0.6) is 0 Å². The van der Waals surface area contributed by atoms with Crippen molar-refractivity contribution in [3.05, 3.63) is 29.3 Å². The second kappa shape index (κ2) is 5.56. The number of hydrogen-bond donors (Lipinski definition) is 0. The van der Waals surface area contributed by atoms with E-state index in [0.29, 0.717) is 6.54 Å². The molecule has 2 aliphatic rings. The number of amides is 1. The lowest BCUT2D eigenvalue weighted by molar-refractivity contribution is 0.0578. The van der Waals surface area contributed by atoms with Gasteiger partial charge in [-0.05, 0) is 70.1 Å². The van der Waals surface area contributed by atoms with E-state index < -0.39 is 5.60 Å². The van der Waals surface area contributed by atoms with Crippen molar-refractivity contribution in [3.63, 3.8) is 0 Å². The molecule has 1 aliphatic heterocycles. The average molecular weight is 312 g/mol.